The molecular formula is C16H14F2N2. The topological polar surface area (TPSA) is 35.8 Å². The van der Waals surface area contributed by atoms with Gasteiger partial charge in [-0.1, -0.05) is 24.3 Å². The lowest BCUT2D eigenvalue weighted by molar-refractivity contribution is 0.541. The van der Waals surface area contributed by atoms with E-state index in [4.69, 9.17) is 5.26 Å². The Morgan fingerprint density at radius 2 is 1.85 bits per heavy atom. The molecule has 0 bridgehead atoms. The molecule has 1 N–H and O–H groups in total. The Hall–Kier alpha value is -2.25. The highest BCUT2D eigenvalue weighted by Gasteiger charge is 2.10. The Bertz CT molecular complexity index is 630. The van der Waals surface area contributed by atoms with Crippen LogP contribution in [-0.4, -0.2) is 0 Å². The predicted octanol–water partition coefficient (Wildman–Crippen LogP) is 3.69. The molecule has 0 spiro atoms. The van der Waals surface area contributed by atoms with Crippen LogP contribution >= 0.6 is 0 Å². The molecule has 0 aromatic heterocycles. The van der Waals surface area contributed by atoms with Gasteiger partial charge in [0.15, 0.2) is 0 Å². The highest BCUT2D eigenvalue weighted by atomic mass is 19.1. The van der Waals surface area contributed by atoms with Gasteiger partial charge in [0.1, 0.15) is 17.7 Å². The van der Waals surface area contributed by atoms with Gasteiger partial charge in [0.2, 0.25) is 0 Å². The standard InChI is InChI=1S/C16H14F2N2/c1-11(12-5-7-15(17)8-6-12)20-10-14-4-2-3-13(9-19)16(14)18/h2-8,11,20H,10H2,1H3/t11-/m0/s1. The smallest absolute Gasteiger partial charge is 0.145 e. The zero-order chi connectivity index (χ0) is 14.5. The minimum absolute atomic E-state index is 0.0405. The number of hydrogen-bond acceptors (Lipinski definition) is 2. The van der Waals surface area contributed by atoms with Gasteiger partial charge >= 0.3 is 0 Å². The molecule has 4 heteroatoms. The second-order valence-electron chi connectivity index (χ2n) is 4.54. The fraction of sp³-hybridized carbons (Fsp3) is 0.188. The molecule has 2 aromatic rings. The minimum atomic E-state index is -0.492. The Morgan fingerprint density at radius 3 is 2.50 bits per heavy atom. The second-order valence-corrected chi connectivity index (χ2v) is 4.54. The highest BCUT2D eigenvalue weighted by Crippen LogP contribution is 2.16. The van der Waals surface area contributed by atoms with Crippen molar-refractivity contribution in [3.63, 3.8) is 0 Å². The second kappa shape index (κ2) is 6.27. The van der Waals surface area contributed by atoms with Crippen molar-refractivity contribution < 1.29 is 8.78 Å². The van der Waals surface area contributed by atoms with E-state index in [2.05, 4.69) is 5.32 Å². The molecule has 2 aromatic carbocycles. The first-order chi connectivity index (χ1) is 9.61. The third kappa shape index (κ3) is 3.19. The summed E-state index contributed by atoms with van der Waals surface area (Å²) in [6.07, 6.45) is 0. The van der Waals surface area contributed by atoms with Crippen LogP contribution in [0.4, 0.5) is 8.78 Å². The van der Waals surface area contributed by atoms with E-state index in [1.807, 2.05) is 13.0 Å². The zero-order valence-corrected chi connectivity index (χ0v) is 11.0. The summed E-state index contributed by atoms with van der Waals surface area (Å²) < 4.78 is 26.7. The molecule has 2 nitrogen and oxygen atoms in total. The van der Waals surface area contributed by atoms with Crippen LogP contribution in [0.25, 0.3) is 0 Å². The average molecular weight is 272 g/mol. The highest BCUT2D eigenvalue weighted by molar-refractivity contribution is 5.35. The lowest BCUT2D eigenvalue weighted by atomic mass is 10.1. The fourth-order valence-electron chi connectivity index (χ4n) is 1.94. The number of nitriles is 1. The van der Waals surface area contributed by atoms with Gasteiger partial charge in [0.25, 0.3) is 0 Å². The lowest BCUT2D eigenvalue weighted by Gasteiger charge is -2.15. The van der Waals surface area contributed by atoms with Crippen molar-refractivity contribution in [1.29, 1.82) is 5.26 Å². The first-order valence-corrected chi connectivity index (χ1v) is 6.28. The summed E-state index contributed by atoms with van der Waals surface area (Å²) in [5.74, 6) is -0.775. The van der Waals surface area contributed by atoms with E-state index < -0.39 is 5.82 Å². The van der Waals surface area contributed by atoms with Crippen molar-refractivity contribution in [1.82, 2.24) is 5.32 Å². The van der Waals surface area contributed by atoms with Crippen molar-refractivity contribution in [3.8, 4) is 6.07 Å². The maximum atomic E-state index is 13.9. The maximum Gasteiger partial charge on any atom is 0.145 e. The summed E-state index contributed by atoms with van der Waals surface area (Å²) in [6.45, 7) is 2.22. The predicted molar refractivity (Wildman–Crippen MR) is 72.8 cm³/mol. The number of hydrogen-bond donors (Lipinski definition) is 1. The van der Waals surface area contributed by atoms with Crippen molar-refractivity contribution in [2.24, 2.45) is 0 Å². The number of nitrogens with one attached hydrogen (secondary N) is 1. The van der Waals surface area contributed by atoms with Crippen LogP contribution in [0.15, 0.2) is 42.5 Å². The Kier molecular flexibility index (Phi) is 4.44. The lowest BCUT2D eigenvalue weighted by Crippen LogP contribution is -2.19. The summed E-state index contributed by atoms with van der Waals surface area (Å²) >= 11 is 0. The average Bonchev–Trinajstić information content (AvgIpc) is 2.46. The quantitative estimate of drug-likeness (QED) is 0.921. The first kappa shape index (κ1) is 14.2. The molecule has 20 heavy (non-hydrogen) atoms. The SMILES string of the molecule is C[C@H](NCc1cccc(C#N)c1F)c1ccc(F)cc1. The van der Waals surface area contributed by atoms with Gasteiger partial charge in [-0.25, -0.2) is 8.78 Å². The number of nitrogens with zero attached hydrogens (tertiary/aromatic N) is 1. The molecule has 1 atom stereocenters. The zero-order valence-electron chi connectivity index (χ0n) is 11.0. The van der Waals surface area contributed by atoms with Crippen molar-refractivity contribution in [2.45, 2.75) is 19.5 Å². The van der Waals surface area contributed by atoms with E-state index in [-0.39, 0.29) is 17.4 Å². The van der Waals surface area contributed by atoms with Gasteiger partial charge in [0.05, 0.1) is 5.56 Å². The molecule has 0 amide bonds. The third-order valence-electron chi connectivity index (χ3n) is 3.17. The van der Waals surface area contributed by atoms with E-state index >= 15 is 0 Å². The van der Waals surface area contributed by atoms with E-state index in [0.29, 0.717) is 12.1 Å². The van der Waals surface area contributed by atoms with E-state index in [1.165, 1.54) is 18.2 Å². The van der Waals surface area contributed by atoms with Crippen molar-refractivity contribution >= 4 is 0 Å². The van der Waals surface area contributed by atoms with Crippen LogP contribution in [0.1, 0.15) is 29.7 Å². The van der Waals surface area contributed by atoms with Gasteiger partial charge < -0.3 is 5.32 Å². The number of halogens is 2. The van der Waals surface area contributed by atoms with E-state index in [1.54, 1.807) is 24.3 Å². The molecule has 0 fully saturated rings. The summed E-state index contributed by atoms with van der Waals surface area (Å²) in [5, 5.41) is 11.9. The molecule has 0 aliphatic rings. The normalized spacial score (nSPS) is 11.9. The summed E-state index contributed by atoms with van der Waals surface area (Å²) in [4.78, 5) is 0. The molecule has 0 heterocycles. The Morgan fingerprint density at radius 1 is 1.15 bits per heavy atom. The Labute approximate surface area is 116 Å². The van der Waals surface area contributed by atoms with Gasteiger partial charge in [0, 0.05) is 18.2 Å². The van der Waals surface area contributed by atoms with Crippen LogP contribution in [0.2, 0.25) is 0 Å². The first-order valence-electron chi connectivity index (χ1n) is 6.28. The molecule has 0 saturated heterocycles. The van der Waals surface area contributed by atoms with Crippen molar-refractivity contribution in [3.05, 3.63) is 70.8 Å². The van der Waals surface area contributed by atoms with Crippen molar-refractivity contribution in [2.75, 3.05) is 0 Å². The van der Waals surface area contributed by atoms with Crippen LogP contribution in [0.3, 0.4) is 0 Å². The van der Waals surface area contributed by atoms with Gasteiger partial charge in [-0.2, -0.15) is 5.26 Å². The fourth-order valence-corrected chi connectivity index (χ4v) is 1.94. The molecular weight excluding hydrogens is 258 g/mol. The van der Waals surface area contributed by atoms with E-state index in [9.17, 15) is 8.78 Å². The van der Waals surface area contributed by atoms with Gasteiger partial charge in [-0.05, 0) is 30.7 Å². The minimum Gasteiger partial charge on any atom is -0.306 e. The molecule has 0 aliphatic heterocycles. The third-order valence-corrected chi connectivity index (χ3v) is 3.17. The molecule has 0 saturated carbocycles. The largest absolute Gasteiger partial charge is 0.306 e. The molecule has 2 rings (SSSR count). The summed E-state index contributed by atoms with van der Waals surface area (Å²) in [6, 6.07) is 12.7. The number of rotatable bonds is 4. The van der Waals surface area contributed by atoms with Crippen LogP contribution in [0, 0.1) is 23.0 Å². The monoisotopic (exact) mass is 272 g/mol. The number of benzene rings is 2. The van der Waals surface area contributed by atoms with Gasteiger partial charge in [-0.15, -0.1) is 0 Å². The molecule has 0 unspecified atom stereocenters. The molecule has 102 valence electrons. The maximum absolute atomic E-state index is 13.9. The van der Waals surface area contributed by atoms with E-state index in [0.717, 1.165) is 5.56 Å². The van der Waals surface area contributed by atoms with Crippen LogP contribution < -0.4 is 5.32 Å². The molecule has 0 radical (unpaired) electrons. The summed E-state index contributed by atoms with van der Waals surface area (Å²) in [5.41, 5.74) is 1.40. The van der Waals surface area contributed by atoms with Crippen LogP contribution in [-0.2, 0) is 6.54 Å². The van der Waals surface area contributed by atoms with Gasteiger partial charge in [-0.3, -0.25) is 0 Å². The Balaban J connectivity index is 2.05. The molecule has 0 aliphatic carbocycles. The summed E-state index contributed by atoms with van der Waals surface area (Å²) in [7, 11) is 0. The van der Waals surface area contributed by atoms with Crippen LogP contribution in [0.5, 0.6) is 0 Å².